The first-order valence-corrected chi connectivity index (χ1v) is 11.3. The number of fused-ring (bicyclic) bond motifs is 3. The summed E-state index contributed by atoms with van der Waals surface area (Å²) in [4.78, 5) is 11.4. The number of aliphatic hydroxyl groups is 1. The van der Waals surface area contributed by atoms with Gasteiger partial charge in [-0.3, -0.25) is 4.68 Å². The number of hydrogen-bond acceptors (Lipinski definition) is 8. The molecule has 2 atom stereocenters. The second kappa shape index (κ2) is 8.08. The second-order valence-electron chi connectivity index (χ2n) is 9.74. The highest BCUT2D eigenvalue weighted by atomic mass is 19.1. The summed E-state index contributed by atoms with van der Waals surface area (Å²) < 4.78 is 22.8. The Morgan fingerprint density at radius 2 is 2.06 bits per heavy atom. The Bertz CT molecular complexity index is 1360. The molecular formula is C23H29FN8O2. The molecule has 11 heteroatoms. The van der Waals surface area contributed by atoms with Crippen molar-refractivity contribution in [3.05, 3.63) is 36.2 Å². The lowest BCUT2D eigenvalue weighted by Gasteiger charge is -2.36. The van der Waals surface area contributed by atoms with Crippen LogP contribution in [-0.2, 0) is 5.54 Å². The summed E-state index contributed by atoms with van der Waals surface area (Å²) in [6.07, 6.45) is 4.71. The molecule has 3 N–H and O–H groups in total. The van der Waals surface area contributed by atoms with E-state index in [2.05, 4.69) is 27.0 Å². The van der Waals surface area contributed by atoms with E-state index in [-0.39, 0.29) is 24.2 Å². The molecule has 0 bridgehead atoms. The lowest BCUT2D eigenvalue weighted by molar-refractivity contribution is 0.152. The Hall–Kier alpha value is -3.47. The van der Waals surface area contributed by atoms with Crippen LogP contribution in [0.25, 0.3) is 16.6 Å². The molecule has 0 spiro atoms. The predicted octanol–water partition coefficient (Wildman–Crippen LogP) is 2.56. The number of anilines is 2. The number of methoxy groups -OCH3 is 1. The van der Waals surface area contributed by atoms with Crippen LogP contribution in [0.1, 0.15) is 38.9 Å². The van der Waals surface area contributed by atoms with Crippen molar-refractivity contribution in [2.24, 2.45) is 5.92 Å². The first-order chi connectivity index (χ1) is 16.2. The lowest BCUT2D eigenvalue weighted by atomic mass is 9.89. The zero-order chi connectivity index (χ0) is 24.2. The highest BCUT2D eigenvalue weighted by molar-refractivity contribution is 5.93. The summed E-state index contributed by atoms with van der Waals surface area (Å²) in [5.41, 5.74) is 7.65. The van der Waals surface area contributed by atoms with Gasteiger partial charge < -0.3 is 20.5 Å². The molecule has 1 fully saturated rings. The van der Waals surface area contributed by atoms with Crippen molar-refractivity contribution in [3.63, 3.8) is 0 Å². The monoisotopic (exact) mass is 468 g/mol. The quantitative estimate of drug-likeness (QED) is 0.459. The molecule has 34 heavy (non-hydrogen) atoms. The average Bonchev–Trinajstić information content (AvgIpc) is 3.48. The number of halogens is 1. The molecule has 180 valence electrons. The van der Waals surface area contributed by atoms with Crippen molar-refractivity contribution in [2.45, 2.75) is 38.6 Å². The zero-order valence-corrected chi connectivity index (χ0v) is 19.7. The van der Waals surface area contributed by atoms with E-state index in [1.807, 2.05) is 26.2 Å². The van der Waals surface area contributed by atoms with E-state index in [0.717, 1.165) is 18.7 Å². The van der Waals surface area contributed by atoms with Crippen molar-refractivity contribution >= 4 is 28.2 Å². The van der Waals surface area contributed by atoms with E-state index in [0.29, 0.717) is 34.8 Å². The highest BCUT2D eigenvalue weighted by Gasteiger charge is 2.31. The van der Waals surface area contributed by atoms with Gasteiger partial charge in [0.15, 0.2) is 23.0 Å². The minimum atomic E-state index is -0.492. The fraction of sp³-hybridized carbons (Fsp3) is 0.478. The molecule has 0 radical (unpaired) electrons. The summed E-state index contributed by atoms with van der Waals surface area (Å²) in [5, 5.41) is 19.3. The van der Waals surface area contributed by atoms with Gasteiger partial charge in [-0.25, -0.2) is 14.4 Å². The van der Waals surface area contributed by atoms with Crippen LogP contribution in [0.3, 0.4) is 0 Å². The van der Waals surface area contributed by atoms with E-state index < -0.39 is 11.4 Å². The van der Waals surface area contributed by atoms with Crippen LogP contribution in [-0.4, -0.2) is 61.3 Å². The van der Waals surface area contributed by atoms with Gasteiger partial charge in [0, 0.05) is 36.7 Å². The largest absolute Gasteiger partial charge is 0.494 e. The fourth-order valence-electron chi connectivity index (χ4n) is 4.61. The van der Waals surface area contributed by atoms with Gasteiger partial charge in [-0.15, -0.1) is 5.10 Å². The number of nitrogens with two attached hydrogens (primary N) is 1. The molecule has 5 rings (SSSR count). The van der Waals surface area contributed by atoms with Gasteiger partial charge in [0.1, 0.15) is 0 Å². The SMILES string of the molecule is COc1cc2nc(N)n3nc([C@H]4C[C@H](C)CN(c5cnn(C(C)(C)CO)c5)C4)nc3c2cc1F. The number of benzene rings is 1. The van der Waals surface area contributed by atoms with Crippen LogP contribution in [0.5, 0.6) is 5.75 Å². The van der Waals surface area contributed by atoms with Gasteiger partial charge in [-0.2, -0.15) is 9.61 Å². The third-order valence-corrected chi connectivity index (χ3v) is 6.55. The van der Waals surface area contributed by atoms with E-state index in [9.17, 15) is 9.50 Å². The third-order valence-electron chi connectivity index (χ3n) is 6.55. The number of aliphatic hydroxyl groups excluding tert-OH is 1. The summed E-state index contributed by atoms with van der Waals surface area (Å²) in [6, 6.07) is 2.88. The van der Waals surface area contributed by atoms with Crippen molar-refractivity contribution < 1.29 is 14.2 Å². The van der Waals surface area contributed by atoms with Crippen LogP contribution < -0.4 is 15.4 Å². The van der Waals surface area contributed by atoms with Crippen molar-refractivity contribution in [3.8, 4) is 5.75 Å². The van der Waals surface area contributed by atoms with Gasteiger partial charge in [-0.05, 0) is 32.3 Å². The Labute approximate surface area is 196 Å². The van der Waals surface area contributed by atoms with Gasteiger partial charge >= 0.3 is 0 Å². The molecule has 0 unspecified atom stereocenters. The maximum Gasteiger partial charge on any atom is 0.223 e. The van der Waals surface area contributed by atoms with Crippen molar-refractivity contribution in [1.82, 2.24) is 29.4 Å². The average molecular weight is 469 g/mol. The molecular weight excluding hydrogens is 439 g/mol. The molecule has 1 saturated heterocycles. The van der Waals surface area contributed by atoms with Crippen LogP contribution >= 0.6 is 0 Å². The molecule has 1 aliphatic heterocycles. The minimum Gasteiger partial charge on any atom is -0.494 e. The van der Waals surface area contributed by atoms with E-state index in [4.69, 9.17) is 15.5 Å². The molecule has 0 saturated carbocycles. The van der Waals surface area contributed by atoms with Gasteiger partial charge in [-0.1, -0.05) is 6.92 Å². The predicted molar refractivity (Wildman–Crippen MR) is 127 cm³/mol. The highest BCUT2D eigenvalue weighted by Crippen LogP contribution is 2.34. The standard InChI is InChI=1S/C23H29FN8O2/c1-13-5-14(10-30(9-13)15-8-26-31(11-15)23(2,3)12-33)20-28-21-16-6-17(24)19(34-4)7-18(16)27-22(25)32(21)29-20/h6-8,11,13-14,33H,5,9-10,12H2,1-4H3,(H2,25,27)/t13-,14-/m0/s1. The second-order valence-corrected chi connectivity index (χ2v) is 9.74. The number of nitrogens with zero attached hydrogens (tertiary/aromatic N) is 7. The Kier molecular flexibility index (Phi) is 5.31. The van der Waals surface area contributed by atoms with Gasteiger partial charge in [0.05, 0.1) is 36.7 Å². The number of aromatic nitrogens is 6. The normalized spacial score (nSPS) is 19.3. The van der Waals surface area contributed by atoms with Crippen LogP contribution in [0.4, 0.5) is 16.0 Å². The topological polar surface area (TPSA) is 120 Å². The van der Waals surface area contributed by atoms with Crippen LogP contribution in [0.15, 0.2) is 24.5 Å². The molecule has 4 aromatic rings. The van der Waals surface area contributed by atoms with Crippen molar-refractivity contribution in [2.75, 3.05) is 37.4 Å². The molecule has 3 aromatic heterocycles. The lowest BCUT2D eigenvalue weighted by Crippen LogP contribution is -2.39. The molecule has 0 aliphatic carbocycles. The van der Waals surface area contributed by atoms with Gasteiger partial charge in [0.25, 0.3) is 0 Å². The number of rotatable bonds is 5. The van der Waals surface area contributed by atoms with Crippen LogP contribution in [0, 0.1) is 11.7 Å². The van der Waals surface area contributed by atoms with E-state index >= 15 is 0 Å². The van der Waals surface area contributed by atoms with E-state index in [1.165, 1.54) is 23.8 Å². The van der Waals surface area contributed by atoms with E-state index in [1.54, 1.807) is 4.68 Å². The number of nitrogen functional groups attached to an aromatic ring is 1. The molecule has 10 nitrogen and oxygen atoms in total. The van der Waals surface area contributed by atoms with Crippen LogP contribution in [0.2, 0.25) is 0 Å². The first-order valence-electron chi connectivity index (χ1n) is 11.3. The summed E-state index contributed by atoms with van der Waals surface area (Å²) in [5.74, 6) is 0.891. The molecule has 1 aliphatic rings. The van der Waals surface area contributed by atoms with Gasteiger partial charge in [0.2, 0.25) is 5.95 Å². The smallest absolute Gasteiger partial charge is 0.223 e. The fourth-order valence-corrected chi connectivity index (χ4v) is 4.61. The Balaban J connectivity index is 1.51. The Morgan fingerprint density at radius 3 is 2.79 bits per heavy atom. The maximum absolute atomic E-state index is 14.4. The van der Waals surface area contributed by atoms with Crippen molar-refractivity contribution in [1.29, 1.82) is 0 Å². The third kappa shape index (κ3) is 3.69. The number of hydrogen-bond donors (Lipinski definition) is 2. The zero-order valence-electron chi connectivity index (χ0n) is 19.7. The molecule has 1 aromatic carbocycles. The molecule has 0 amide bonds. The summed E-state index contributed by atoms with van der Waals surface area (Å²) in [7, 11) is 1.41. The maximum atomic E-state index is 14.4. The minimum absolute atomic E-state index is 0.00576. The summed E-state index contributed by atoms with van der Waals surface area (Å²) >= 11 is 0. The number of ether oxygens (including phenoxy) is 1. The Morgan fingerprint density at radius 1 is 1.26 bits per heavy atom. The number of piperidine rings is 1. The summed E-state index contributed by atoms with van der Waals surface area (Å²) in [6.45, 7) is 7.66. The first kappa shape index (κ1) is 22.3. The molecule has 4 heterocycles.